The highest BCUT2D eigenvalue weighted by Crippen LogP contribution is 2.16. The minimum atomic E-state index is -0.218. The second kappa shape index (κ2) is 6.63. The Hall–Kier alpha value is -1.24. The second-order valence-corrected chi connectivity index (χ2v) is 5.55. The maximum absolute atomic E-state index is 11.8. The molecule has 0 aromatic rings. The molecule has 0 aromatic carbocycles. The standard InChI is InChI=1S/C11H19N3O3S/c1-8(2)12-9(15)6-13(3)10(16)7-14-4-5-18-11(14)17/h8H,4-7H2,1-3H3,(H,12,15). The summed E-state index contributed by atoms with van der Waals surface area (Å²) in [4.78, 5) is 37.5. The average molecular weight is 273 g/mol. The predicted molar refractivity (Wildman–Crippen MR) is 70.3 cm³/mol. The van der Waals surface area contributed by atoms with E-state index in [1.807, 2.05) is 13.8 Å². The van der Waals surface area contributed by atoms with Gasteiger partial charge in [-0.15, -0.1) is 0 Å². The lowest BCUT2D eigenvalue weighted by Crippen LogP contribution is -2.44. The summed E-state index contributed by atoms with van der Waals surface area (Å²) in [6.45, 7) is 4.39. The lowest BCUT2D eigenvalue weighted by Gasteiger charge is -2.21. The number of nitrogens with zero attached hydrogens (tertiary/aromatic N) is 2. The number of hydrogen-bond donors (Lipinski definition) is 1. The Labute approximate surface area is 111 Å². The molecule has 1 N–H and O–H groups in total. The molecule has 0 aromatic heterocycles. The number of carbonyl (C=O) groups excluding carboxylic acids is 3. The fourth-order valence-electron chi connectivity index (χ4n) is 1.52. The molecule has 1 fully saturated rings. The van der Waals surface area contributed by atoms with E-state index in [1.54, 1.807) is 7.05 Å². The molecule has 0 spiro atoms. The second-order valence-electron chi connectivity index (χ2n) is 4.51. The minimum Gasteiger partial charge on any atom is -0.352 e. The van der Waals surface area contributed by atoms with E-state index in [-0.39, 0.29) is 36.2 Å². The van der Waals surface area contributed by atoms with Crippen molar-refractivity contribution in [2.45, 2.75) is 19.9 Å². The quantitative estimate of drug-likeness (QED) is 0.773. The van der Waals surface area contributed by atoms with E-state index in [2.05, 4.69) is 5.32 Å². The third-order valence-electron chi connectivity index (χ3n) is 2.43. The van der Waals surface area contributed by atoms with Crippen LogP contribution in [0.5, 0.6) is 0 Å². The summed E-state index contributed by atoms with van der Waals surface area (Å²) in [5, 5.41) is 2.65. The molecule has 0 unspecified atom stereocenters. The minimum absolute atomic E-state index is 0.0200. The van der Waals surface area contributed by atoms with Gasteiger partial charge in [-0.2, -0.15) is 0 Å². The molecule has 1 saturated heterocycles. The molecule has 0 atom stereocenters. The van der Waals surface area contributed by atoms with E-state index < -0.39 is 0 Å². The fourth-order valence-corrected chi connectivity index (χ4v) is 2.35. The van der Waals surface area contributed by atoms with Crippen LogP contribution in [-0.4, -0.2) is 65.3 Å². The van der Waals surface area contributed by atoms with Crippen molar-refractivity contribution in [1.82, 2.24) is 15.1 Å². The van der Waals surface area contributed by atoms with E-state index in [0.717, 1.165) is 5.75 Å². The molecular formula is C11H19N3O3S. The summed E-state index contributed by atoms with van der Waals surface area (Å²) in [7, 11) is 1.57. The first-order valence-corrected chi connectivity index (χ1v) is 6.83. The zero-order valence-electron chi connectivity index (χ0n) is 10.9. The Morgan fingerprint density at radius 3 is 2.67 bits per heavy atom. The third kappa shape index (κ3) is 4.56. The maximum atomic E-state index is 11.8. The van der Waals surface area contributed by atoms with E-state index in [1.165, 1.54) is 21.6 Å². The highest BCUT2D eigenvalue weighted by Gasteiger charge is 2.25. The van der Waals surface area contributed by atoms with Crippen LogP contribution in [0.2, 0.25) is 0 Å². The van der Waals surface area contributed by atoms with Crippen molar-refractivity contribution in [2.24, 2.45) is 0 Å². The van der Waals surface area contributed by atoms with Gasteiger partial charge in [0.05, 0.1) is 6.54 Å². The molecule has 0 aliphatic carbocycles. The van der Waals surface area contributed by atoms with Crippen molar-refractivity contribution in [3.63, 3.8) is 0 Å². The van der Waals surface area contributed by atoms with Crippen molar-refractivity contribution in [3.05, 3.63) is 0 Å². The Bertz CT molecular complexity index is 346. The van der Waals surface area contributed by atoms with Crippen molar-refractivity contribution in [2.75, 3.05) is 32.4 Å². The monoisotopic (exact) mass is 273 g/mol. The summed E-state index contributed by atoms with van der Waals surface area (Å²) in [6.07, 6.45) is 0. The van der Waals surface area contributed by atoms with Crippen LogP contribution in [0.1, 0.15) is 13.8 Å². The third-order valence-corrected chi connectivity index (χ3v) is 3.32. The lowest BCUT2D eigenvalue weighted by atomic mass is 10.3. The first kappa shape index (κ1) is 14.8. The first-order chi connectivity index (χ1) is 8.40. The Kier molecular flexibility index (Phi) is 5.46. The van der Waals surface area contributed by atoms with Gasteiger partial charge in [0.15, 0.2) is 0 Å². The van der Waals surface area contributed by atoms with Gasteiger partial charge in [0.2, 0.25) is 11.8 Å². The van der Waals surface area contributed by atoms with Crippen LogP contribution < -0.4 is 5.32 Å². The summed E-state index contributed by atoms with van der Waals surface area (Å²) >= 11 is 1.22. The van der Waals surface area contributed by atoms with E-state index in [9.17, 15) is 14.4 Å². The molecular weight excluding hydrogens is 254 g/mol. The lowest BCUT2D eigenvalue weighted by molar-refractivity contribution is -0.135. The fraction of sp³-hybridized carbons (Fsp3) is 0.727. The SMILES string of the molecule is CC(C)NC(=O)CN(C)C(=O)CN1CCSC1=O. The number of likely N-dealkylation sites (N-methyl/N-ethyl adjacent to an activating group) is 1. The van der Waals surface area contributed by atoms with Gasteiger partial charge in [-0.1, -0.05) is 11.8 Å². The summed E-state index contributed by atoms with van der Waals surface area (Å²) < 4.78 is 0. The molecule has 1 heterocycles. The molecule has 1 aliphatic heterocycles. The average Bonchev–Trinajstić information content (AvgIpc) is 2.62. The predicted octanol–water partition coefficient (Wildman–Crippen LogP) is 0.138. The normalized spacial score (nSPS) is 15.1. The Balaban J connectivity index is 2.37. The molecule has 1 rings (SSSR count). The maximum Gasteiger partial charge on any atom is 0.282 e. The van der Waals surface area contributed by atoms with Crippen LogP contribution in [0, 0.1) is 0 Å². The van der Waals surface area contributed by atoms with Crippen LogP contribution in [0.4, 0.5) is 4.79 Å². The van der Waals surface area contributed by atoms with Gasteiger partial charge in [-0.3, -0.25) is 14.4 Å². The first-order valence-electron chi connectivity index (χ1n) is 5.85. The zero-order chi connectivity index (χ0) is 13.7. The highest BCUT2D eigenvalue weighted by molar-refractivity contribution is 8.13. The van der Waals surface area contributed by atoms with Gasteiger partial charge in [-0.25, -0.2) is 0 Å². The summed E-state index contributed by atoms with van der Waals surface area (Å²) in [6, 6.07) is 0.0533. The molecule has 7 heteroatoms. The molecule has 6 nitrogen and oxygen atoms in total. The van der Waals surface area contributed by atoms with Gasteiger partial charge in [0.1, 0.15) is 6.54 Å². The number of carbonyl (C=O) groups is 3. The van der Waals surface area contributed by atoms with Gasteiger partial charge in [-0.05, 0) is 13.8 Å². The summed E-state index contributed by atoms with van der Waals surface area (Å²) in [5.74, 6) is 0.316. The Morgan fingerprint density at radius 2 is 2.17 bits per heavy atom. The largest absolute Gasteiger partial charge is 0.352 e. The Morgan fingerprint density at radius 1 is 1.50 bits per heavy atom. The topological polar surface area (TPSA) is 69.7 Å². The molecule has 0 saturated carbocycles. The van der Waals surface area contributed by atoms with Crippen LogP contribution in [0.15, 0.2) is 0 Å². The number of hydrogen-bond acceptors (Lipinski definition) is 4. The van der Waals surface area contributed by atoms with Crippen molar-refractivity contribution >= 4 is 28.8 Å². The van der Waals surface area contributed by atoms with Gasteiger partial charge in [0, 0.05) is 25.4 Å². The smallest absolute Gasteiger partial charge is 0.282 e. The molecule has 0 radical (unpaired) electrons. The number of nitrogens with one attached hydrogen (secondary N) is 1. The van der Waals surface area contributed by atoms with Gasteiger partial charge >= 0.3 is 0 Å². The van der Waals surface area contributed by atoms with E-state index in [4.69, 9.17) is 0 Å². The molecule has 3 amide bonds. The molecule has 1 aliphatic rings. The van der Waals surface area contributed by atoms with Crippen LogP contribution in [0.25, 0.3) is 0 Å². The van der Waals surface area contributed by atoms with E-state index in [0.29, 0.717) is 6.54 Å². The van der Waals surface area contributed by atoms with Gasteiger partial charge < -0.3 is 15.1 Å². The molecule has 102 valence electrons. The number of thioether (sulfide) groups is 1. The van der Waals surface area contributed by atoms with Crippen LogP contribution in [-0.2, 0) is 9.59 Å². The van der Waals surface area contributed by atoms with Crippen molar-refractivity contribution < 1.29 is 14.4 Å². The van der Waals surface area contributed by atoms with Crippen molar-refractivity contribution in [1.29, 1.82) is 0 Å². The van der Waals surface area contributed by atoms with Crippen LogP contribution >= 0.6 is 11.8 Å². The molecule has 0 bridgehead atoms. The van der Waals surface area contributed by atoms with Gasteiger partial charge in [0.25, 0.3) is 5.24 Å². The zero-order valence-corrected chi connectivity index (χ0v) is 11.7. The number of amides is 3. The van der Waals surface area contributed by atoms with E-state index >= 15 is 0 Å². The number of rotatable bonds is 5. The van der Waals surface area contributed by atoms with Crippen molar-refractivity contribution in [3.8, 4) is 0 Å². The molecule has 18 heavy (non-hydrogen) atoms. The summed E-state index contributed by atoms with van der Waals surface area (Å²) in [5.41, 5.74) is 0. The highest BCUT2D eigenvalue weighted by atomic mass is 32.2. The van der Waals surface area contributed by atoms with Crippen LogP contribution in [0.3, 0.4) is 0 Å².